The van der Waals surface area contributed by atoms with Gasteiger partial charge in [0, 0.05) is 0 Å². The summed E-state index contributed by atoms with van der Waals surface area (Å²) in [7, 11) is 0. The average Bonchev–Trinajstić information content (AvgIpc) is 2.05. The maximum absolute atomic E-state index is 11.0. The van der Waals surface area contributed by atoms with Crippen LogP contribution in [-0.4, -0.2) is 11.1 Å². The molecule has 0 spiro atoms. The second kappa shape index (κ2) is 3.30. The van der Waals surface area contributed by atoms with Crippen molar-refractivity contribution in [3.63, 3.8) is 0 Å². The maximum atomic E-state index is 11.0. The van der Waals surface area contributed by atoms with Crippen molar-refractivity contribution < 1.29 is 9.90 Å². The highest BCUT2D eigenvalue weighted by molar-refractivity contribution is 5.75. The number of carboxylic acid groups (broad SMARTS) is 1. The van der Waals surface area contributed by atoms with Gasteiger partial charge in [0.15, 0.2) is 0 Å². The van der Waals surface area contributed by atoms with E-state index >= 15 is 0 Å². The largest absolute Gasteiger partial charge is 0.481 e. The van der Waals surface area contributed by atoms with Crippen LogP contribution >= 0.6 is 0 Å². The van der Waals surface area contributed by atoms with Gasteiger partial charge in [-0.15, -0.1) is 0 Å². The van der Waals surface area contributed by atoms with E-state index < -0.39 is 11.4 Å². The van der Waals surface area contributed by atoms with Gasteiger partial charge in [0.2, 0.25) is 0 Å². The second-order valence-electron chi connectivity index (χ2n) is 3.70. The predicted octanol–water partition coefficient (Wildman–Crippen LogP) is 2.45. The van der Waals surface area contributed by atoms with Crippen LogP contribution in [0.2, 0.25) is 0 Å². The number of hydrogen-bond donors (Lipinski definition) is 1. The molecule has 1 aliphatic rings. The van der Waals surface area contributed by atoms with E-state index in [0.29, 0.717) is 0 Å². The Balaban J connectivity index is 2.87. The fourth-order valence-corrected chi connectivity index (χ4v) is 1.89. The summed E-state index contributed by atoms with van der Waals surface area (Å²) < 4.78 is 0. The molecule has 0 aromatic carbocycles. The minimum Gasteiger partial charge on any atom is -0.481 e. The number of carbonyl (C=O) groups is 1. The van der Waals surface area contributed by atoms with E-state index in [1.54, 1.807) is 0 Å². The summed E-state index contributed by atoms with van der Waals surface area (Å²) in [6.45, 7) is 3.90. The quantitative estimate of drug-likeness (QED) is 0.643. The van der Waals surface area contributed by atoms with Gasteiger partial charge in [-0.05, 0) is 32.1 Å². The Morgan fingerprint density at radius 1 is 1.75 bits per heavy atom. The van der Waals surface area contributed by atoms with Crippen LogP contribution in [-0.2, 0) is 4.79 Å². The maximum Gasteiger partial charge on any atom is 0.309 e. The molecule has 0 amide bonds. The molecule has 2 unspecified atom stereocenters. The van der Waals surface area contributed by atoms with Crippen LogP contribution in [0, 0.1) is 11.3 Å². The molecule has 1 aliphatic carbocycles. The first-order chi connectivity index (χ1) is 5.61. The zero-order chi connectivity index (χ0) is 9.19. The summed E-state index contributed by atoms with van der Waals surface area (Å²) in [4.78, 5) is 11.0. The molecule has 2 atom stereocenters. The first-order valence-corrected chi connectivity index (χ1v) is 4.51. The first-order valence-electron chi connectivity index (χ1n) is 4.51. The minimum absolute atomic E-state index is 0.212. The molecule has 0 saturated heterocycles. The molecule has 0 fully saturated rings. The molecule has 0 saturated carbocycles. The van der Waals surface area contributed by atoms with Gasteiger partial charge in [0.1, 0.15) is 0 Å². The summed E-state index contributed by atoms with van der Waals surface area (Å²) >= 11 is 0. The topological polar surface area (TPSA) is 37.3 Å². The Labute approximate surface area is 73.3 Å². The van der Waals surface area contributed by atoms with Gasteiger partial charge < -0.3 is 5.11 Å². The first kappa shape index (κ1) is 9.30. The van der Waals surface area contributed by atoms with E-state index in [-0.39, 0.29) is 5.92 Å². The Kier molecular flexibility index (Phi) is 2.55. The van der Waals surface area contributed by atoms with Crippen LogP contribution in [0.4, 0.5) is 0 Å². The molecule has 0 aromatic rings. The zero-order valence-electron chi connectivity index (χ0n) is 7.71. The Hall–Kier alpha value is -0.790. The molecule has 2 heteroatoms. The lowest BCUT2D eigenvalue weighted by Gasteiger charge is -2.33. The van der Waals surface area contributed by atoms with Crippen LogP contribution in [0.3, 0.4) is 0 Å². The third-order valence-electron chi connectivity index (χ3n) is 2.95. The van der Waals surface area contributed by atoms with Crippen molar-refractivity contribution in [3.05, 3.63) is 12.2 Å². The lowest BCUT2D eigenvalue weighted by atomic mass is 9.70. The summed E-state index contributed by atoms with van der Waals surface area (Å²) in [6, 6.07) is 0. The summed E-state index contributed by atoms with van der Waals surface area (Å²) in [5.74, 6) is -0.442. The molecule has 0 radical (unpaired) electrons. The molecule has 1 rings (SSSR count). The van der Waals surface area contributed by atoms with Crippen molar-refractivity contribution in [2.75, 3.05) is 0 Å². The SMILES string of the molecule is CCC1C=CCCC1(C)C(=O)O. The molecule has 2 nitrogen and oxygen atoms in total. The Bertz CT molecular complexity index is 208. The average molecular weight is 168 g/mol. The molecule has 0 aromatic heterocycles. The van der Waals surface area contributed by atoms with E-state index in [4.69, 9.17) is 5.11 Å². The predicted molar refractivity (Wildman–Crippen MR) is 47.9 cm³/mol. The van der Waals surface area contributed by atoms with Crippen molar-refractivity contribution in [3.8, 4) is 0 Å². The van der Waals surface area contributed by atoms with Gasteiger partial charge >= 0.3 is 5.97 Å². The molecule has 12 heavy (non-hydrogen) atoms. The van der Waals surface area contributed by atoms with Gasteiger partial charge in [-0.3, -0.25) is 4.79 Å². The van der Waals surface area contributed by atoms with Crippen molar-refractivity contribution in [2.24, 2.45) is 11.3 Å². The smallest absolute Gasteiger partial charge is 0.309 e. The minimum atomic E-state index is -0.654. The van der Waals surface area contributed by atoms with Crippen molar-refractivity contribution in [2.45, 2.75) is 33.1 Å². The lowest BCUT2D eigenvalue weighted by Crippen LogP contribution is -2.36. The van der Waals surface area contributed by atoms with Crippen LogP contribution in [0.1, 0.15) is 33.1 Å². The highest BCUT2D eigenvalue weighted by Crippen LogP contribution is 2.39. The number of carboxylic acids is 1. The lowest BCUT2D eigenvalue weighted by molar-refractivity contribution is -0.151. The van der Waals surface area contributed by atoms with Crippen molar-refractivity contribution >= 4 is 5.97 Å². The number of rotatable bonds is 2. The van der Waals surface area contributed by atoms with Crippen LogP contribution in [0.5, 0.6) is 0 Å². The fourth-order valence-electron chi connectivity index (χ4n) is 1.89. The summed E-state index contributed by atoms with van der Waals surface area (Å²) in [5, 5.41) is 9.07. The normalized spacial score (nSPS) is 35.0. The van der Waals surface area contributed by atoms with Crippen LogP contribution in [0.25, 0.3) is 0 Å². The number of hydrogen-bond acceptors (Lipinski definition) is 1. The second-order valence-corrected chi connectivity index (χ2v) is 3.70. The van der Waals surface area contributed by atoms with Crippen molar-refractivity contribution in [1.29, 1.82) is 0 Å². The molecular formula is C10H16O2. The van der Waals surface area contributed by atoms with E-state index in [1.807, 2.05) is 13.8 Å². The molecule has 1 N–H and O–H groups in total. The van der Waals surface area contributed by atoms with Gasteiger partial charge in [0.25, 0.3) is 0 Å². The standard InChI is InChI=1S/C10H16O2/c1-3-8-6-4-5-7-10(8,2)9(11)12/h4,6,8H,3,5,7H2,1-2H3,(H,11,12). The summed E-state index contributed by atoms with van der Waals surface area (Å²) in [5.41, 5.74) is -0.524. The molecule has 0 aliphatic heterocycles. The monoisotopic (exact) mass is 168 g/mol. The van der Waals surface area contributed by atoms with Crippen LogP contribution in [0.15, 0.2) is 12.2 Å². The number of allylic oxidation sites excluding steroid dienone is 2. The Morgan fingerprint density at radius 2 is 2.42 bits per heavy atom. The van der Waals surface area contributed by atoms with Gasteiger partial charge in [0.05, 0.1) is 5.41 Å². The molecule has 68 valence electrons. The molecule has 0 heterocycles. The highest BCUT2D eigenvalue weighted by Gasteiger charge is 2.39. The third kappa shape index (κ3) is 1.38. The van der Waals surface area contributed by atoms with E-state index in [1.165, 1.54) is 0 Å². The third-order valence-corrected chi connectivity index (χ3v) is 2.95. The van der Waals surface area contributed by atoms with Crippen LogP contribution < -0.4 is 0 Å². The van der Waals surface area contributed by atoms with E-state index in [2.05, 4.69) is 12.2 Å². The zero-order valence-corrected chi connectivity index (χ0v) is 7.71. The van der Waals surface area contributed by atoms with Gasteiger partial charge in [-0.1, -0.05) is 19.1 Å². The van der Waals surface area contributed by atoms with Gasteiger partial charge in [-0.25, -0.2) is 0 Å². The number of aliphatic carboxylic acids is 1. The molecule has 0 bridgehead atoms. The van der Waals surface area contributed by atoms with Gasteiger partial charge in [-0.2, -0.15) is 0 Å². The Morgan fingerprint density at radius 3 is 2.83 bits per heavy atom. The van der Waals surface area contributed by atoms with E-state index in [0.717, 1.165) is 19.3 Å². The fraction of sp³-hybridized carbons (Fsp3) is 0.700. The highest BCUT2D eigenvalue weighted by atomic mass is 16.4. The van der Waals surface area contributed by atoms with E-state index in [9.17, 15) is 4.79 Å². The molecular weight excluding hydrogens is 152 g/mol. The summed E-state index contributed by atoms with van der Waals surface area (Å²) in [6.07, 6.45) is 6.74. The van der Waals surface area contributed by atoms with Crippen molar-refractivity contribution in [1.82, 2.24) is 0 Å².